The average molecular weight is 295 g/mol. The largest absolute Gasteiger partial charge is 0.299 e. The number of hydrogen-bond donors (Lipinski definition) is 0. The van der Waals surface area contributed by atoms with Gasteiger partial charge in [0.05, 0.1) is 0 Å². The monoisotopic (exact) mass is 294 g/mol. The molecule has 0 radical (unpaired) electrons. The Morgan fingerprint density at radius 2 is 1.33 bits per heavy atom. The van der Waals surface area contributed by atoms with E-state index >= 15 is 0 Å². The van der Waals surface area contributed by atoms with Gasteiger partial charge >= 0.3 is 0 Å². The molecule has 0 aromatic rings. The van der Waals surface area contributed by atoms with Crippen LogP contribution in [0, 0.1) is 11.8 Å². The van der Waals surface area contributed by atoms with Gasteiger partial charge in [-0.25, -0.2) is 0 Å². The summed E-state index contributed by atoms with van der Waals surface area (Å²) in [5, 5.41) is 0. The van der Waals surface area contributed by atoms with Gasteiger partial charge in [-0.1, -0.05) is 71.6 Å². The maximum Gasteiger partial charge on any atom is 0.135 e. The Hall–Kier alpha value is -0.330. The zero-order chi connectivity index (χ0) is 15.3. The second-order valence-corrected chi connectivity index (χ2v) is 7.20. The first kappa shape index (κ1) is 18.7. The molecule has 21 heavy (non-hydrogen) atoms. The molecule has 1 nitrogen and oxygen atoms in total. The molecule has 0 N–H and O–H groups in total. The molecule has 0 spiro atoms. The highest BCUT2D eigenvalue weighted by molar-refractivity contribution is 5.81. The average Bonchev–Trinajstić information content (AvgIpc) is 2.51. The molecule has 0 saturated heterocycles. The van der Waals surface area contributed by atoms with Crippen LogP contribution < -0.4 is 0 Å². The molecule has 1 fully saturated rings. The van der Waals surface area contributed by atoms with Crippen LogP contribution in [0.15, 0.2) is 0 Å². The predicted molar refractivity (Wildman–Crippen MR) is 92.6 cm³/mol. The lowest BCUT2D eigenvalue weighted by molar-refractivity contribution is -0.124. The van der Waals surface area contributed by atoms with Crippen LogP contribution in [0.5, 0.6) is 0 Å². The number of hydrogen-bond acceptors (Lipinski definition) is 1. The summed E-state index contributed by atoms with van der Waals surface area (Å²) in [6.45, 7) is 4.54. The maximum absolute atomic E-state index is 12.2. The maximum atomic E-state index is 12.2. The van der Waals surface area contributed by atoms with Crippen LogP contribution in [0.2, 0.25) is 0 Å². The molecule has 1 aliphatic carbocycles. The molecule has 1 heteroatoms. The van der Waals surface area contributed by atoms with E-state index in [1.165, 1.54) is 83.5 Å². The van der Waals surface area contributed by atoms with Crippen LogP contribution in [0.3, 0.4) is 0 Å². The van der Waals surface area contributed by atoms with E-state index in [2.05, 4.69) is 13.8 Å². The zero-order valence-corrected chi connectivity index (χ0v) is 14.7. The molecule has 124 valence electrons. The normalized spacial score (nSPS) is 22.4. The van der Waals surface area contributed by atoms with E-state index in [0.717, 1.165) is 18.8 Å². The van der Waals surface area contributed by atoms with Crippen molar-refractivity contribution in [3.8, 4) is 0 Å². The fourth-order valence-corrected chi connectivity index (χ4v) is 3.82. The first-order valence-corrected chi connectivity index (χ1v) is 9.80. The van der Waals surface area contributed by atoms with Crippen molar-refractivity contribution in [3.63, 3.8) is 0 Å². The van der Waals surface area contributed by atoms with Crippen molar-refractivity contribution in [1.82, 2.24) is 0 Å². The number of unbranched alkanes of at least 4 members (excludes halogenated alkanes) is 7. The minimum absolute atomic E-state index is 0.419. The van der Waals surface area contributed by atoms with Gasteiger partial charge in [-0.3, -0.25) is 4.79 Å². The number of ketones is 1. The molecule has 0 heterocycles. The fraction of sp³-hybridized carbons (Fsp3) is 0.950. The predicted octanol–water partition coefficient (Wildman–Crippen LogP) is 6.69. The summed E-state index contributed by atoms with van der Waals surface area (Å²) < 4.78 is 0. The molecule has 0 amide bonds. The molecule has 0 aromatic carbocycles. The Morgan fingerprint density at radius 3 is 1.90 bits per heavy atom. The lowest BCUT2D eigenvalue weighted by Crippen LogP contribution is -2.21. The molecule has 0 unspecified atom stereocenters. The minimum Gasteiger partial charge on any atom is -0.299 e. The van der Waals surface area contributed by atoms with Crippen molar-refractivity contribution in [2.75, 3.05) is 0 Å². The van der Waals surface area contributed by atoms with Crippen LogP contribution in [0.25, 0.3) is 0 Å². The number of rotatable bonds is 12. The van der Waals surface area contributed by atoms with Gasteiger partial charge in [0.1, 0.15) is 5.78 Å². The Morgan fingerprint density at radius 1 is 0.762 bits per heavy atom. The summed E-state index contributed by atoms with van der Waals surface area (Å²) in [6, 6.07) is 0. The Kier molecular flexibility index (Phi) is 10.9. The summed E-state index contributed by atoms with van der Waals surface area (Å²) in [5.74, 6) is 1.92. The first-order valence-electron chi connectivity index (χ1n) is 9.80. The molecule has 0 aliphatic heterocycles. The Balaban J connectivity index is 1.97. The van der Waals surface area contributed by atoms with E-state index < -0.39 is 0 Å². The summed E-state index contributed by atoms with van der Waals surface area (Å²) in [6.07, 6.45) is 19.1. The van der Waals surface area contributed by atoms with Gasteiger partial charge in [0.15, 0.2) is 0 Å². The van der Waals surface area contributed by atoms with Crippen molar-refractivity contribution in [2.45, 2.75) is 110 Å². The van der Waals surface area contributed by atoms with Gasteiger partial charge < -0.3 is 0 Å². The molecule has 1 rings (SSSR count). The molecule has 0 aromatic heterocycles. The van der Waals surface area contributed by atoms with Crippen molar-refractivity contribution in [3.05, 3.63) is 0 Å². The smallest absolute Gasteiger partial charge is 0.135 e. The number of carbonyl (C=O) groups is 1. The highest BCUT2D eigenvalue weighted by atomic mass is 16.1. The summed E-state index contributed by atoms with van der Waals surface area (Å²) >= 11 is 0. The second kappa shape index (κ2) is 12.2. The molecule has 0 atom stereocenters. The van der Waals surface area contributed by atoms with Gasteiger partial charge in [-0.2, -0.15) is 0 Å². The summed E-state index contributed by atoms with van der Waals surface area (Å²) in [4.78, 5) is 12.2. The van der Waals surface area contributed by atoms with Crippen molar-refractivity contribution in [1.29, 1.82) is 0 Å². The highest BCUT2D eigenvalue weighted by Crippen LogP contribution is 2.32. The van der Waals surface area contributed by atoms with E-state index in [-0.39, 0.29) is 0 Å². The molecule has 1 saturated carbocycles. The highest BCUT2D eigenvalue weighted by Gasteiger charge is 2.25. The van der Waals surface area contributed by atoms with E-state index in [4.69, 9.17) is 0 Å². The van der Waals surface area contributed by atoms with Crippen molar-refractivity contribution < 1.29 is 4.79 Å². The van der Waals surface area contributed by atoms with Gasteiger partial charge in [-0.15, -0.1) is 0 Å². The lowest BCUT2D eigenvalue weighted by atomic mass is 9.77. The minimum atomic E-state index is 0.419. The summed E-state index contributed by atoms with van der Waals surface area (Å²) in [7, 11) is 0. The Labute approximate surface area is 133 Å². The quantitative estimate of drug-likeness (QED) is 0.366. The zero-order valence-electron chi connectivity index (χ0n) is 14.7. The van der Waals surface area contributed by atoms with Crippen LogP contribution >= 0.6 is 0 Å². The van der Waals surface area contributed by atoms with Gasteiger partial charge in [0.2, 0.25) is 0 Å². The van der Waals surface area contributed by atoms with E-state index in [0.29, 0.717) is 11.7 Å². The van der Waals surface area contributed by atoms with Crippen molar-refractivity contribution >= 4 is 5.78 Å². The van der Waals surface area contributed by atoms with Gasteiger partial charge in [0.25, 0.3) is 0 Å². The molecule has 0 bridgehead atoms. The molecular weight excluding hydrogens is 256 g/mol. The Bertz CT molecular complexity index is 251. The van der Waals surface area contributed by atoms with Gasteiger partial charge in [0, 0.05) is 12.3 Å². The fourth-order valence-electron chi connectivity index (χ4n) is 3.82. The van der Waals surface area contributed by atoms with E-state index in [9.17, 15) is 4.79 Å². The lowest BCUT2D eigenvalue weighted by Gasteiger charge is -2.27. The van der Waals surface area contributed by atoms with Crippen LogP contribution in [-0.4, -0.2) is 5.78 Å². The summed E-state index contributed by atoms with van der Waals surface area (Å²) in [5.41, 5.74) is 0. The number of Topliss-reactive ketones (excluding diaryl/α,β-unsaturated/α-hetero) is 1. The third kappa shape index (κ3) is 8.63. The van der Waals surface area contributed by atoms with Gasteiger partial charge in [-0.05, 0) is 38.0 Å². The third-order valence-electron chi connectivity index (χ3n) is 5.28. The van der Waals surface area contributed by atoms with E-state index in [1.807, 2.05) is 0 Å². The molecule has 1 aliphatic rings. The first-order chi connectivity index (χ1) is 10.3. The number of carbonyl (C=O) groups excluding carboxylic acids is 1. The van der Waals surface area contributed by atoms with Crippen LogP contribution in [0.4, 0.5) is 0 Å². The second-order valence-electron chi connectivity index (χ2n) is 7.20. The molecular formula is C20H38O. The van der Waals surface area contributed by atoms with E-state index in [1.54, 1.807) is 0 Å². The van der Waals surface area contributed by atoms with Crippen LogP contribution in [0.1, 0.15) is 110 Å². The van der Waals surface area contributed by atoms with Crippen molar-refractivity contribution in [2.24, 2.45) is 11.8 Å². The third-order valence-corrected chi connectivity index (χ3v) is 5.28. The topological polar surface area (TPSA) is 17.1 Å². The van der Waals surface area contributed by atoms with Crippen LogP contribution in [-0.2, 0) is 4.79 Å². The standard InChI is InChI=1S/C20H38O/c1-3-5-6-7-8-9-10-11-13-20(21)19-16-14-18(12-4-2)15-17-19/h18-19H,3-17H2,1-2H3. The SMILES string of the molecule is CCCCCCCCCCC(=O)C1CCC(CCC)CC1.